The van der Waals surface area contributed by atoms with Crippen LogP contribution in [0.3, 0.4) is 0 Å². The Morgan fingerprint density at radius 1 is 1.29 bits per heavy atom. The van der Waals surface area contributed by atoms with Crippen LogP contribution >= 0.6 is 0 Å². The number of nitrogens with zero attached hydrogens (tertiary/aromatic N) is 1. The van der Waals surface area contributed by atoms with Gasteiger partial charge in [0.25, 0.3) is 0 Å². The molecular weight excluding hydrogens is 290 g/mol. The van der Waals surface area contributed by atoms with Gasteiger partial charge in [-0.3, -0.25) is 4.98 Å². The van der Waals surface area contributed by atoms with Crippen LogP contribution in [-0.2, 0) is 16.6 Å². The molecule has 1 aromatic heterocycles. The highest BCUT2D eigenvalue weighted by Gasteiger charge is 2.18. The van der Waals surface area contributed by atoms with E-state index in [0.29, 0.717) is 30.3 Å². The molecule has 1 aliphatic rings. The largest absolute Gasteiger partial charge is 0.490 e. The van der Waals surface area contributed by atoms with Crippen molar-refractivity contribution in [2.24, 2.45) is 0 Å². The zero-order chi connectivity index (χ0) is 14.7. The highest BCUT2D eigenvalue weighted by atomic mass is 32.2. The van der Waals surface area contributed by atoms with E-state index in [-0.39, 0.29) is 11.4 Å². The van der Waals surface area contributed by atoms with Crippen LogP contribution in [0.1, 0.15) is 5.69 Å². The van der Waals surface area contributed by atoms with E-state index in [0.717, 1.165) is 0 Å². The molecule has 6 nitrogen and oxygen atoms in total. The second-order valence-corrected chi connectivity index (χ2v) is 6.35. The normalized spacial score (nSPS) is 13.9. The van der Waals surface area contributed by atoms with E-state index >= 15 is 0 Å². The van der Waals surface area contributed by atoms with E-state index in [1.807, 2.05) is 6.07 Å². The number of pyridine rings is 1. The fourth-order valence-electron chi connectivity index (χ4n) is 2.04. The first-order valence-electron chi connectivity index (χ1n) is 6.55. The summed E-state index contributed by atoms with van der Waals surface area (Å²) in [4.78, 5) is 4.29. The molecule has 2 N–H and O–H groups in total. The lowest BCUT2D eigenvalue weighted by Crippen LogP contribution is -2.24. The topological polar surface area (TPSA) is 80.3 Å². The predicted molar refractivity (Wildman–Crippen MR) is 78.7 cm³/mol. The van der Waals surface area contributed by atoms with Crippen molar-refractivity contribution in [2.75, 3.05) is 18.5 Å². The van der Waals surface area contributed by atoms with Crippen molar-refractivity contribution in [3.05, 3.63) is 48.3 Å². The first kappa shape index (κ1) is 13.8. The minimum atomic E-state index is -3.58. The summed E-state index contributed by atoms with van der Waals surface area (Å²) in [6.07, 6.45) is 1.63. The third-order valence-electron chi connectivity index (χ3n) is 3.11. The van der Waals surface area contributed by atoms with Crippen molar-refractivity contribution in [1.29, 1.82) is 0 Å². The summed E-state index contributed by atoms with van der Waals surface area (Å²) >= 11 is 0. The van der Waals surface area contributed by atoms with Gasteiger partial charge in [-0.25, -0.2) is 13.1 Å². The Morgan fingerprint density at radius 3 is 3.00 bits per heavy atom. The standard InChI is InChI=1S/C14H15N3O3S/c18-21(19,17-10-11-3-1-2-6-15-11)12-4-5-14-13(9-12)16-7-8-20-14/h1-6,9,16-17H,7-8,10H2. The molecule has 3 rings (SSSR count). The molecule has 0 fully saturated rings. The fourth-order valence-corrected chi connectivity index (χ4v) is 3.07. The summed E-state index contributed by atoms with van der Waals surface area (Å²) in [6.45, 7) is 1.40. The van der Waals surface area contributed by atoms with Crippen molar-refractivity contribution in [1.82, 2.24) is 9.71 Å². The molecule has 7 heteroatoms. The van der Waals surface area contributed by atoms with Gasteiger partial charge in [0.05, 0.1) is 22.8 Å². The van der Waals surface area contributed by atoms with Gasteiger partial charge in [0, 0.05) is 12.7 Å². The van der Waals surface area contributed by atoms with Gasteiger partial charge in [-0.15, -0.1) is 0 Å². The van der Waals surface area contributed by atoms with Crippen molar-refractivity contribution in [3.63, 3.8) is 0 Å². The smallest absolute Gasteiger partial charge is 0.241 e. The van der Waals surface area contributed by atoms with Crippen LogP contribution in [0.2, 0.25) is 0 Å². The maximum absolute atomic E-state index is 12.3. The lowest BCUT2D eigenvalue weighted by atomic mass is 10.2. The molecule has 0 atom stereocenters. The Balaban J connectivity index is 1.78. The SMILES string of the molecule is O=S(=O)(NCc1ccccn1)c1ccc2c(c1)NCCO2. The number of ether oxygens (including phenoxy) is 1. The lowest BCUT2D eigenvalue weighted by molar-refractivity contribution is 0.323. The molecule has 0 radical (unpaired) electrons. The third kappa shape index (κ3) is 3.14. The number of aromatic nitrogens is 1. The van der Waals surface area contributed by atoms with Gasteiger partial charge in [-0.1, -0.05) is 6.07 Å². The van der Waals surface area contributed by atoms with Crippen LogP contribution < -0.4 is 14.8 Å². The van der Waals surface area contributed by atoms with Crippen LogP contribution in [-0.4, -0.2) is 26.6 Å². The first-order valence-corrected chi connectivity index (χ1v) is 8.04. The number of nitrogens with one attached hydrogen (secondary N) is 2. The Kier molecular flexibility index (Phi) is 3.76. The lowest BCUT2D eigenvalue weighted by Gasteiger charge is -2.19. The van der Waals surface area contributed by atoms with Crippen molar-refractivity contribution in [3.8, 4) is 5.75 Å². The quantitative estimate of drug-likeness (QED) is 0.891. The van der Waals surface area contributed by atoms with E-state index in [1.165, 1.54) is 6.07 Å². The van der Waals surface area contributed by atoms with Crippen LogP contribution in [0.5, 0.6) is 5.75 Å². The molecule has 0 unspecified atom stereocenters. The zero-order valence-electron chi connectivity index (χ0n) is 11.2. The molecule has 21 heavy (non-hydrogen) atoms. The Labute approximate surface area is 123 Å². The Bertz CT molecular complexity index is 732. The summed E-state index contributed by atoms with van der Waals surface area (Å²) in [6, 6.07) is 10.1. The highest BCUT2D eigenvalue weighted by Crippen LogP contribution is 2.29. The molecular formula is C14H15N3O3S. The summed E-state index contributed by atoms with van der Waals surface area (Å²) in [7, 11) is -3.58. The van der Waals surface area contributed by atoms with Gasteiger partial charge in [-0.05, 0) is 30.3 Å². The summed E-state index contributed by atoms with van der Waals surface area (Å²) < 4.78 is 32.5. The molecule has 0 amide bonds. The first-order chi connectivity index (χ1) is 10.1. The average Bonchev–Trinajstić information content (AvgIpc) is 2.53. The average molecular weight is 305 g/mol. The molecule has 0 bridgehead atoms. The molecule has 0 saturated heterocycles. The molecule has 2 heterocycles. The van der Waals surface area contributed by atoms with Gasteiger partial charge in [0.15, 0.2) is 0 Å². The van der Waals surface area contributed by atoms with Crippen molar-refractivity contribution >= 4 is 15.7 Å². The number of hydrogen-bond acceptors (Lipinski definition) is 5. The minimum absolute atomic E-state index is 0.157. The molecule has 0 saturated carbocycles. The van der Waals surface area contributed by atoms with Gasteiger partial charge in [0.1, 0.15) is 12.4 Å². The maximum atomic E-state index is 12.3. The Hall–Kier alpha value is -2.12. The van der Waals surface area contributed by atoms with Gasteiger partial charge in [0.2, 0.25) is 10.0 Å². The van der Waals surface area contributed by atoms with E-state index < -0.39 is 10.0 Å². The maximum Gasteiger partial charge on any atom is 0.241 e. The van der Waals surface area contributed by atoms with E-state index in [1.54, 1.807) is 30.5 Å². The van der Waals surface area contributed by atoms with Crippen molar-refractivity contribution < 1.29 is 13.2 Å². The third-order valence-corrected chi connectivity index (χ3v) is 4.50. The molecule has 1 aliphatic heterocycles. The number of fused-ring (bicyclic) bond motifs is 1. The molecule has 0 aliphatic carbocycles. The number of benzene rings is 1. The fraction of sp³-hybridized carbons (Fsp3) is 0.214. The number of hydrogen-bond donors (Lipinski definition) is 2. The van der Waals surface area contributed by atoms with Crippen molar-refractivity contribution in [2.45, 2.75) is 11.4 Å². The van der Waals surface area contributed by atoms with E-state index in [4.69, 9.17) is 4.74 Å². The van der Waals surface area contributed by atoms with Gasteiger partial charge in [-0.2, -0.15) is 0 Å². The summed E-state index contributed by atoms with van der Waals surface area (Å²) in [5.41, 5.74) is 1.36. The van der Waals surface area contributed by atoms with E-state index in [2.05, 4.69) is 15.0 Å². The monoisotopic (exact) mass is 305 g/mol. The molecule has 0 spiro atoms. The number of anilines is 1. The van der Waals surface area contributed by atoms with E-state index in [9.17, 15) is 8.42 Å². The minimum Gasteiger partial charge on any atom is -0.490 e. The van der Waals surface area contributed by atoms with Crippen LogP contribution in [0, 0.1) is 0 Å². The van der Waals surface area contributed by atoms with Crippen LogP contribution in [0.25, 0.3) is 0 Å². The van der Waals surface area contributed by atoms with Gasteiger partial charge < -0.3 is 10.1 Å². The summed E-state index contributed by atoms with van der Waals surface area (Å²) in [5, 5.41) is 3.12. The van der Waals surface area contributed by atoms with Crippen LogP contribution in [0.4, 0.5) is 5.69 Å². The molecule has 1 aromatic carbocycles. The second kappa shape index (κ2) is 5.71. The number of rotatable bonds is 4. The molecule has 110 valence electrons. The van der Waals surface area contributed by atoms with Gasteiger partial charge >= 0.3 is 0 Å². The van der Waals surface area contributed by atoms with Crippen LogP contribution in [0.15, 0.2) is 47.5 Å². The highest BCUT2D eigenvalue weighted by molar-refractivity contribution is 7.89. The number of sulfonamides is 1. The Morgan fingerprint density at radius 2 is 2.19 bits per heavy atom. The summed E-state index contributed by atoms with van der Waals surface area (Å²) in [5.74, 6) is 0.671. The second-order valence-electron chi connectivity index (χ2n) is 4.58. The molecule has 2 aromatic rings. The predicted octanol–water partition coefficient (Wildman–Crippen LogP) is 1.36. The zero-order valence-corrected chi connectivity index (χ0v) is 12.1.